The second-order valence-corrected chi connectivity index (χ2v) is 9.93. The van der Waals surface area contributed by atoms with Gasteiger partial charge in [0, 0.05) is 37.8 Å². The van der Waals surface area contributed by atoms with Crippen LogP contribution in [0.3, 0.4) is 0 Å². The first-order chi connectivity index (χ1) is 13.5. The highest BCUT2D eigenvalue weighted by molar-refractivity contribution is 7.89. The molecule has 1 fully saturated rings. The van der Waals surface area contributed by atoms with Crippen molar-refractivity contribution in [2.24, 2.45) is 0 Å². The number of nitrogens with zero attached hydrogens (tertiary/aromatic N) is 4. The van der Waals surface area contributed by atoms with E-state index in [4.69, 9.17) is 0 Å². The average Bonchev–Trinajstić information content (AvgIpc) is 2.98. The summed E-state index contributed by atoms with van der Waals surface area (Å²) >= 11 is 0. The molecular formula is C21H30N4O3S. The van der Waals surface area contributed by atoms with Gasteiger partial charge in [0.15, 0.2) is 0 Å². The van der Waals surface area contributed by atoms with Gasteiger partial charge in [0.25, 0.3) is 5.91 Å². The summed E-state index contributed by atoms with van der Waals surface area (Å²) < 4.78 is 29.8. The van der Waals surface area contributed by atoms with E-state index in [0.717, 1.165) is 11.1 Å². The van der Waals surface area contributed by atoms with Crippen LogP contribution in [-0.4, -0.2) is 59.5 Å². The molecule has 158 valence electrons. The standard InChI is InChI=1S/C21H30N4O3S/c1-14(2)25-18(6)20(17(5)22-25)29(27,28)24-11-9-23(10-12-24)21(26)19-13-15(3)7-8-16(19)4/h7-8,13-14H,9-12H2,1-6H3. The zero-order valence-corrected chi connectivity index (χ0v) is 18.9. The minimum absolute atomic E-state index is 0.0387. The van der Waals surface area contributed by atoms with Crippen molar-refractivity contribution in [2.45, 2.75) is 52.5 Å². The largest absolute Gasteiger partial charge is 0.336 e. The van der Waals surface area contributed by atoms with Gasteiger partial charge in [-0.15, -0.1) is 0 Å². The molecular weight excluding hydrogens is 388 g/mol. The molecule has 0 atom stereocenters. The fraction of sp³-hybridized carbons (Fsp3) is 0.524. The number of hydrogen-bond acceptors (Lipinski definition) is 4. The number of sulfonamides is 1. The van der Waals surface area contributed by atoms with Crippen molar-refractivity contribution >= 4 is 15.9 Å². The van der Waals surface area contributed by atoms with Crippen molar-refractivity contribution in [1.29, 1.82) is 0 Å². The predicted octanol–water partition coefficient (Wildman–Crippen LogP) is 2.84. The lowest BCUT2D eigenvalue weighted by molar-refractivity contribution is 0.0697. The molecule has 3 rings (SSSR count). The first-order valence-electron chi connectivity index (χ1n) is 9.96. The average molecular weight is 419 g/mol. The van der Waals surface area contributed by atoms with Crippen LogP contribution in [-0.2, 0) is 10.0 Å². The second-order valence-electron chi connectivity index (χ2n) is 8.05. The van der Waals surface area contributed by atoms with Crippen molar-refractivity contribution in [1.82, 2.24) is 19.0 Å². The number of hydrogen-bond donors (Lipinski definition) is 0. The summed E-state index contributed by atoms with van der Waals surface area (Å²) in [6, 6.07) is 5.91. The van der Waals surface area contributed by atoms with E-state index in [1.165, 1.54) is 4.31 Å². The predicted molar refractivity (Wildman–Crippen MR) is 113 cm³/mol. The van der Waals surface area contributed by atoms with Crippen LogP contribution < -0.4 is 0 Å². The lowest BCUT2D eigenvalue weighted by Gasteiger charge is -2.34. The summed E-state index contributed by atoms with van der Waals surface area (Å²) in [6.45, 7) is 12.7. The normalized spacial score (nSPS) is 15.9. The van der Waals surface area contributed by atoms with E-state index in [1.807, 2.05) is 45.9 Å². The topological polar surface area (TPSA) is 75.5 Å². The van der Waals surface area contributed by atoms with Gasteiger partial charge in [0.2, 0.25) is 10.0 Å². The summed E-state index contributed by atoms with van der Waals surface area (Å²) in [5, 5.41) is 4.42. The van der Waals surface area contributed by atoms with Crippen LogP contribution >= 0.6 is 0 Å². The Bertz CT molecular complexity index is 1030. The number of carbonyl (C=O) groups excluding carboxylic acids is 1. The van der Waals surface area contributed by atoms with Gasteiger partial charge in [0.05, 0.1) is 11.4 Å². The van der Waals surface area contributed by atoms with Gasteiger partial charge in [-0.3, -0.25) is 9.48 Å². The third-order valence-electron chi connectivity index (χ3n) is 5.49. The Balaban J connectivity index is 1.78. The molecule has 0 radical (unpaired) electrons. The number of carbonyl (C=O) groups is 1. The van der Waals surface area contributed by atoms with E-state index in [2.05, 4.69) is 5.10 Å². The maximum Gasteiger partial charge on any atom is 0.254 e. The molecule has 1 saturated heterocycles. The van der Waals surface area contributed by atoms with Gasteiger partial charge in [0.1, 0.15) is 4.90 Å². The molecule has 2 heterocycles. The van der Waals surface area contributed by atoms with E-state index < -0.39 is 10.0 Å². The Kier molecular flexibility index (Phi) is 5.87. The molecule has 0 bridgehead atoms. The molecule has 1 aliphatic rings. The van der Waals surface area contributed by atoms with E-state index in [0.29, 0.717) is 34.9 Å². The molecule has 8 heteroatoms. The maximum atomic E-state index is 13.3. The molecule has 1 amide bonds. The maximum absolute atomic E-state index is 13.3. The van der Waals surface area contributed by atoms with Crippen molar-refractivity contribution in [2.75, 3.05) is 26.2 Å². The third kappa shape index (κ3) is 3.96. The van der Waals surface area contributed by atoms with Gasteiger partial charge >= 0.3 is 0 Å². The molecule has 1 aliphatic heterocycles. The molecule has 0 N–H and O–H groups in total. The third-order valence-corrected chi connectivity index (χ3v) is 7.65. The Morgan fingerprint density at radius 1 is 1.03 bits per heavy atom. The van der Waals surface area contributed by atoms with Crippen LogP contribution in [0.1, 0.15) is 52.8 Å². The Labute approximate surface area is 173 Å². The fourth-order valence-corrected chi connectivity index (χ4v) is 5.70. The van der Waals surface area contributed by atoms with E-state index >= 15 is 0 Å². The first kappa shape index (κ1) is 21.5. The molecule has 1 aromatic carbocycles. The molecule has 0 aliphatic carbocycles. The SMILES string of the molecule is Cc1ccc(C)c(C(=O)N2CCN(S(=O)(=O)c3c(C)nn(C(C)C)c3C)CC2)c1. The number of rotatable bonds is 4. The quantitative estimate of drug-likeness (QED) is 0.765. The molecule has 29 heavy (non-hydrogen) atoms. The number of aromatic nitrogens is 2. The summed E-state index contributed by atoms with van der Waals surface area (Å²) in [4.78, 5) is 15.0. The van der Waals surface area contributed by atoms with Crippen LogP contribution in [0.4, 0.5) is 0 Å². The van der Waals surface area contributed by atoms with Crippen molar-refractivity contribution in [3.8, 4) is 0 Å². The number of amides is 1. The Morgan fingerprint density at radius 2 is 1.66 bits per heavy atom. The molecule has 2 aromatic rings. The zero-order chi connectivity index (χ0) is 21.5. The highest BCUT2D eigenvalue weighted by Crippen LogP contribution is 2.26. The summed E-state index contributed by atoms with van der Waals surface area (Å²) in [5.74, 6) is -0.0387. The van der Waals surface area contributed by atoms with Crippen LogP contribution in [0.2, 0.25) is 0 Å². The number of piperazine rings is 1. The van der Waals surface area contributed by atoms with E-state index in [9.17, 15) is 13.2 Å². The van der Waals surface area contributed by atoms with Crippen molar-refractivity contribution in [3.63, 3.8) is 0 Å². The van der Waals surface area contributed by atoms with Gasteiger partial charge < -0.3 is 4.90 Å². The number of aryl methyl sites for hydroxylation is 3. The lowest BCUT2D eigenvalue weighted by Crippen LogP contribution is -2.50. The summed E-state index contributed by atoms with van der Waals surface area (Å²) in [7, 11) is -3.65. The van der Waals surface area contributed by atoms with Crippen LogP contribution in [0.5, 0.6) is 0 Å². The van der Waals surface area contributed by atoms with Gasteiger partial charge in [-0.2, -0.15) is 9.40 Å². The van der Waals surface area contributed by atoms with E-state index in [-0.39, 0.29) is 25.0 Å². The van der Waals surface area contributed by atoms with Crippen LogP contribution in [0.15, 0.2) is 23.1 Å². The van der Waals surface area contributed by atoms with Crippen LogP contribution in [0, 0.1) is 27.7 Å². The summed E-state index contributed by atoms with van der Waals surface area (Å²) in [5.41, 5.74) is 3.83. The van der Waals surface area contributed by atoms with Gasteiger partial charge in [-0.05, 0) is 53.2 Å². The Morgan fingerprint density at radius 3 is 2.21 bits per heavy atom. The monoisotopic (exact) mass is 418 g/mol. The zero-order valence-electron chi connectivity index (χ0n) is 18.1. The molecule has 0 saturated carbocycles. The first-order valence-corrected chi connectivity index (χ1v) is 11.4. The van der Waals surface area contributed by atoms with Crippen molar-refractivity contribution < 1.29 is 13.2 Å². The fourth-order valence-electron chi connectivity index (χ4n) is 3.92. The van der Waals surface area contributed by atoms with E-state index in [1.54, 1.807) is 23.4 Å². The van der Waals surface area contributed by atoms with Crippen LogP contribution in [0.25, 0.3) is 0 Å². The minimum Gasteiger partial charge on any atom is -0.336 e. The highest BCUT2D eigenvalue weighted by atomic mass is 32.2. The molecule has 0 spiro atoms. The van der Waals surface area contributed by atoms with Gasteiger partial charge in [-0.25, -0.2) is 8.42 Å². The second kappa shape index (κ2) is 7.91. The lowest BCUT2D eigenvalue weighted by atomic mass is 10.0. The number of benzene rings is 1. The van der Waals surface area contributed by atoms with Crippen molar-refractivity contribution in [3.05, 3.63) is 46.3 Å². The Hall–Kier alpha value is -2.19. The van der Waals surface area contributed by atoms with Gasteiger partial charge in [-0.1, -0.05) is 17.7 Å². The summed E-state index contributed by atoms with van der Waals surface area (Å²) in [6.07, 6.45) is 0. The molecule has 0 unspecified atom stereocenters. The smallest absolute Gasteiger partial charge is 0.254 e. The highest BCUT2D eigenvalue weighted by Gasteiger charge is 2.34. The minimum atomic E-state index is -3.65. The molecule has 7 nitrogen and oxygen atoms in total. The molecule has 1 aromatic heterocycles.